The number of para-hydroxylation sites is 1. The van der Waals surface area contributed by atoms with Gasteiger partial charge in [-0.3, -0.25) is 4.79 Å². The van der Waals surface area contributed by atoms with Crippen LogP contribution in [0.1, 0.15) is 18.6 Å². The van der Waals surface area contributed by atoms with Crippen LogP contribution in [0.5, 0.6) is 5.75 Å². The number of ether oxygens (including phenoxy) is 1. The highest BCUT2D eigenvalue weighted by Gasteiger charge is 2.09. The minimum atomic E-state index is -0.659. The number of carbonyl (C=O) groups is 1. The number of rotatable bonds is 5. The second-order valence-electron chi connectivity index (χ2n) is 3.44. The van der Waals surface area contributed by atoms with E-state index in [1.165, 1.54) is 0 Å². The molecule has 1 rings (SSSR count). The second-order valence-corrected chi connectivity index (χ2v) is 3.44. The third-order valence-electron chi connectivity index (χ3n) is 2.09. The fraction of sp³-hybridized carbons (Fsp3) is 0.333. The van der Waals surface area contributed by atoms with Gasteiger partial charge in [0.05, 0.1) is 12.2 Å². The van der Waals surface area contributed by atoms with Crippen molar-refractivity contribution in [1.29, 1.82) is 5.26 Å². The van der Waals surface area contributed by atoms with Crippen molar-refractivity contribution < 1.29 is 14.6 Å². The third kappa shape index (κ3) is 4.13. The highest BCUT2D eigenvalue weighted by Crippen LogP contribution is 2.24. The smallest absolute Gasteiger partial charge is 0.258 e. The first-order valence-corrected chi connectivity index (χ1v) is 5.18. The summed E-state index contributed by atoms with van der Waals surface area (Å²) in [6.45, 7) is 1.41. The van der Waals surface area contributed by atoms with E-state index in [1.54, 1.807) is 37.3 Å². The lowest BCUT2D eigenvalue weighted by Gasteiger charge is -2.12. The number of nitriles is 1. The molecule has 0 aliphatic carbocycles. The lowest BCUT2D eigenvalue weighted by atomic mass is 10.1. The van der Waals surface area contributed by atoms with Crippen LogP contribution in [0.3, 0.4) is 0 Å². The molecule has 1 aromatic rings. The van der Waals surface area contributed by atoms with Gasteiger partial charge in [-0.05, 0) is 13.0 Å². The van der Waals surface area contributed by atoms with Crippen LogP contribution in [0.2, 0.25) is 0 Å². The first kappa shape index (κ1) is 13.0. The number of hydrogen-bond donors (Lipinski definition) is 2. The molecule has 5 heteroatoms. The van der Waals surface area contributed by atoms with E-state index < -0.39 is 6.10 Å². The summed E-state index contributed by atoms with van der Waals surface area (Å²) in [5, 5.41) is 20.1. The molecule has 1 aromatic carbocycles. The van der Waals surface area contributed by atoms with E-state index in [0.29, 0.717) is 11.3 Å². The number of carbonyl (C=O) groups excluding carboxylic acids is 1. The lowest BCUT2D eigenvalue weighted by molar-refractivity contribution is -0.122. The molecule has 17 heavy (non-hydrogen) atoms. The molecular weight excluding hydrogens is 220 g/mol. The average Bonchev–Trinajstić information content (AvgIpc) is 2.34. The summed E-state index contributed by atoms with van der Waals surface area (Å²) in [7, 11) is 0. The molecule has 0 fully saturated rings. The van der Waals surface area contributed by atoms with Crippen LogP contribution < -0.4 is 10.1 Å². The van der Waals surface area contributed by atoms with Crippen LogP contribution in [0.4, 0.5) is 0 Å². The lowest BCUT2D eigenvalue weighted by Crippen LogP contribution is -2.29. The fourth-order valence-electron chi connectivity index (χ4n) is 1.29. The fourth-order valence-corrected chi connectivity index (χ4v) is 1.29. The summed E-state index contributed by atoms with van der Waals surface area (Å²) in [4.78, 5) is 11.2. The number of amides is 1. The van der Waals surface area contributed by atoms with Gasteiger partial charge >= 0.3 is 0 Å². The summed E-state index contributed by atoms with van der Waals surface area (Å²) >= 11 is 0. The Bertz CT molecular complexity index is 424. The number of aliphatic hydroxyl groups is 1. The van der Waals surface area contributed by atoms with E-state index in [2.05, 4.69) is 5.32 Å². The molecule has 5 nitrogen and oxygen atoms in total. The van der Waals surface area contributed by atoms with Crippen molar-refractivity contribution in [1.82, 2.24) is 5.32 Å². The van der Waals surface area contributed by atoms with Gasteiger partial charge in [-0.2, -0.15) is 5.26 Å². The predicted molar refractivity (Wildman–Crippen MR) is 61.2 cm³/mol. The monoisotopic (exact) mass is 234 g/mol. The second kappa shape index (κ2) is 6.51. The standard InChI is InChI=1S/C12H14N2O3/c1-9(15)10-4-2-3-5-11(10)17-8-12(16)14-7-6-13/h2-5,9,15H,7-8H2,1H3,(H,14,16)/t9-/m1/s1. The van der Waals surface area contributed by atoms with Crippen molar-refractivity contribution >= 4 is 5.91 Å². The van der Waals surface area contributed by atoms with Gasteiger partial charge in [0.25, 0.3) is 5.91 Å². The number of nitrogens with zero attached hydrogens (tertiary/aromatic N) is 1. The molecule has 0 spiro atoms. The molecule has 1 atom stereocenters. The van der Waals surface area contributed by atoms with Gasteiger partial charge < -0.3 is 15.2 Å². The Kier molecular flexibility index (Phi) is 4.98. The van der Waals surface area contributed by atoms with E-state index >= 15 is 0 Å². The van der Waals surface area contributed by atoms with Crippen LogP contribution >= 0.6 is 0 Å². The maximum atomic E-state index is 11.2. The Morgan fingerprint density at radius 2 is 2.29 bits per heavy atom. The molecule has 0 bridgehead atoms. The first-order chi connectivity index (χ1) is 8.15. The molecule has 0 aromatic heterocycles. The summed E-state index contributed by atoms with van der Waals surface area (Å²) in [5.41, 5.74) is 0.626. The minimum absolute atomic E-state index is 0.0414. The van der Waals surface area contributed by atoms with E-state index in [-0.39, 0.29) is 19.1 Å². The Morgan fingerprint density at radius 1 is 1.59 bits per heavy atom. The zero-order chi connectivity index (χ0) is 12.7. The number of hydrogen-bond acceptors (Lipinski definition) is 4. The molecule has 0 aliphatic heterocycles. The molecule has 2 N–H and O–H groups in total. The summed E-state index contributed by atoms with van der Waals surface area (Å²) in [6, 6.07) is 8.75. The zero-order valence-corrected chi connectivity index (χ0v) is 9.51. The van der Waals surface area contributed by atoms with Crippen molar-refractivity contribution in [2.45, 2.75) is 13.0 Å². The molecular formula is C12H14N2O3. The summed E-state index contributed by atoms with van der Waals surface area (Å²) in [6.07, 6.45) is -0.659. The maximum Gasteiger partial charge on any atom is 0.258 e. The van der Waals surface area contributed by atoms with Crippen molar-refractivity contribution in [3.05, 3.63) is 29.8 Å². The average molecular weight is 234 g/mol. The molecule has 90 valence electrons. The molecule has 0 unspecified atom stereocenters. The number of nitrogens with one attached hydrogen (secondary N) is 1. The molecule has 0 saturated heterocycles. The molecule has 0 radical (unpaired) electrons. The van der Waals surface area contributed by atoms with Crippen LogP contribution in [-0.4, -0.2) is 24.2 Å². The highest BCUT2D eigenvalue weighted by atomic mass is 16.5. The van der Waals surface area contributed by atoms with Crippen LogP contribution in [0.25, 0.3) is 0 Å². The normalized spacial score (nSPS) is 11.4. The molecule has 0 aliphatic rings. The van der Waals surface area contributed by atoms with Crippen molar-refractivity contribution in [3.63, 3.8) is 0 Å². The summed E-state index contributed by atoms with van der Waals surface area (Å²) in [5.74, 6) is 0.0987. The van der Waals surface area contributed by atoms with Gasteiger partial charge in [0.15, 0.2) is 6.61 Å². The zero-order valence-electron chi connectivity index (χ0n) is 9.51. The Morgan fingerprint density at radius 3 is 2.94 bits per heavy atom. The van der Waals surface area contributed by atoms with E-state index in [4.69, 9.17) is 10.00 Å². The topological polar surface area (TPSA) is 82.3 Å². The van der Waals surface area contributed by atoms with Gasteiger partial charge in [0.1, 0.15) is 12.3 Å². The first-order valence-electron chi connectivity index (χ1n) is 5.18. The quantitative estimate of drug-likeness (QED) is 0.737. The predicted octanol–water partition coefficient (Wildman–Crippen LogP) is 0.758. The van der Waals surface area contributed by atoms with Gasteiger partial charge in [-0.15, -0.1) is 0 Å². The minimum Gasteiger partial charge on any atom is -0.483 e. The Hall–Kier alpha value is -2.06. The van der Waals surface area contributed by atoms with E-state index in [1.807, 2.05) is 0 Å². The largest absolute Gasteiger partial charge is 0.483 e. The van der Waals surface area contributed by atoms with Gasteiger partial charge in [-0.1, -0.05) is 18.2 Å². The van der Waals surface area contributed by atoms with Crippen molar-refractivity contribution in [2.24, 2.45) is 0 Å². The Labute approximate surface area is 99.6 Å². The van der Waals surface area contributed by atoms with Crippen LogP contribution in [0.15, 0.2) is 24.3 Å². The van der Waals surface area contributed by atoms with E-state index in [9.17, 15) is 9.90 Å². The SMILES string of the molecule is C[C@@H](O)c1ccccc1OCC(=O)NCC#N. The van der Waals surface area contributed by atoms with Gasteiger partial charge in [0, 0.05) is 5.56 Å². The summed E-state index contributed by atoms with van der Waals surface area (Å²) < 4.78 is 5.28. The highest BCUT2D eigenvalue weighted by molar-refractivity contribution is 5.77. The van der Waals surface area contributed by atoms with Crippen LogP contribution in [0, 0.1) is 11.3 Å². The molecule has 0 heterocycles. The Balaban J connectivity index is 2.57. The number of aliphatic hydroxyl groups excluding tert-OH is 1. The van der Waals surface area contributed by atoms with Crippen LogP contribution in [-0.2, 0) is 4.79 Å². The maximum absolute atomic E-state index is 11.2. The van der Waals surface area contributed by atoms with E-state index in [0.717, 1.165) is 0 Å². The van der Waals surface area contributed by atoms with Crippen molar-refractivity contribution in [2.75, 3.05) is 13.2 Å². The third-order valence-corrected chi connectivity index (χ3v) is 2.09. The number of benzene rings is 1. The van der Waals surface area contributed by atoms with Crippen molar-refractivity contribution in [3.8, 4) is 11.8 Å². The van der Waals surface area contributed by atoms with Gasteiger partial charge in [0.2, 0.25) is 0 Å². The molecule has 0 saturated carbocycles. The molecule has 1 amide bonds. The van der Waals surface area contributed by atoms with Gasteiger partial charge in [-0.25, -0.2) is 0 Å².